The van der Waals surface area contributed by atoms with Crippen LogP contribution in [0.15, 0.2) is 18.2 Å². The Hall–Kier alpha value is -0.980. The molecule has 3 N–H and O–H groups in total. The smallest absolute Gasteiger partial charge is 0.255 e. The van der Waals surface area contributed by atoms with Crippen molar-refractivity contribution in [1.82, 2.24) is 0 Å². The summed E-state index contributed by atoms with van der Waals surface area (Å²) in [6.07, 6.45) is -2.53. The molecule has 1 aromatic rings. The normalized spacial score (nSPS) is 10.7. The minimum atomic E-state index is -2.53. The minimum absolute atomic E-state index is 0.0558. The molecule has 0 heterocycles. The summed E-state index contributed by atoms with van der Waals surface area (Å²) in [7, 11) is 0. The van der Waals surface area contributed by atoms with E-state index in [4.69, 9.17) is 34.7 Å². The fourth-order valence-corrected chi connectivity index (χ4v) is 1.91. The van der Waals surface area contributed by atoms with Gasteiger partial charge in [0.05, 0.1) is 13.2 Å². The number of aliphatic hydroxyl groups is 1. The van der Waals surface area contributed by atoms with Gasteiger partial charge in [0.25, 0.3) is 6.43 Å². The maximum absolute atomic E-state index is 12.5. The van der Waals surface area contributed by atoms with E-state index in [1.807, 2.05) is 0 Å². The molecule has 18 heavy (non-hydrogen) atoms. The van der Waals surface area contributed by atoms with E-state index in [-0.39, 0.29) is 18.1 Å². The molecule has 7 heteroatoms. The first-order valence-corrected chi connectivity index (χ1v) is 5.97. The molecule has 1 aromatic carbocycles. The number of aliphatic hydroxyl groups excluding tert-OH is 1. The number of nitrogens with two attached hydrogens (primary N) is 1. The number of alkyl halides is 2. The van der Waals surface area contributed by atoms with Crippen LogP contribution in [0.2, 0.25) is 5.02 Å². The highest BCUT2D eigenvalue weighted by atomic mass is 35.5. The molecule has 0 fully saturated rings. The topological polar surface area (TPSA) is 49.5 Å². The number of rotatable bonds is 6. The second kappa shape index (κ2) is 6.82. The summed E-state index contributed by atoms with van der Waals surface area (Å²) in [6.45, 7) is -0.715. The Kier molecular flexibility index (Phi) is 5.71. The average Bonchev–Trinajstić information content (AvgIpc) is 2.27. The van der Waals surface area contributed by atoms with Gasteiger partial charge >= 0.3 is 0 Å². The van der Waals surface area contributed by atoms with E-state index in [1.165, 1.54) is 11.0 Å². The summed E-state index contributed by atoms with van der Waals surface area (Å²) in [5.41, 5.74) is 6.41. The van der Waals surface area contributed by atoms with E-state index in [1.54, 1.807) is 12.1 Å². The first-order valence-electron chi connectivity index (χ1n) is 5.19. The lowest BCUT2D eigenvalue weighted by molar-refractivity contribution is 0.153. The molecule has 0 aromatic heterocycles. The van der Waals surface area contributed by atoms with Crippen LogP contribution in [0.25, 0.3) is 0 Å². The predicted octanol–water partition coefficient (Wildman–Crippen LogP) is 2.04. The first kappa shape index (κ1) is 15.1. The number of hydrogen-bond donors (Lipinski definition) is 2. The largest absolute Gasteiger partial charge is 0.395 e. The Labute approximate surface area is 114 Å². The summed E-state index contributed by atoms with van der Waals surface area (Å²) in [5, 5.41) is 9.32. The van der Waals surface area contributed by atoms with Crippen molar-refractivity contribution < 1.29 is 13.9 Å². The maximum atomic E-state index is 12.5. The zero-order valence-electron chi connectivity index (χ0n) is 9.44. The predicted molar refractivity (Wildman–Crippen MR) is 72.6 cm³/mol. The van der Waals surface area contributed by atoms with Crippen molar-refractivity contribution in [3.63, 3.8) is 0 Å². The summed E-state index contributed by atoms with van der Waals surface area (Å²) in [5.74, 6) is 0. The van der Waals surface area contributed by atoms with Crippen LogP contribution < -0.4 is 10.6 Å². The molecule has 0 atom stereocenters. The fourth-order valence-electron chi connectivity index (χ4n) is 1.57. The van der Waals surface area contributed by atoms with E-state index in [0.717, 1.165) is 0 Å². The van der Waals surface area contributed by atoms with Crippen molar-refractivity contribution >= 4 is 34.5 Å². The van der Waals surface area contributed by atoms with Crippen molar-refractivity contribution in [3.8, 4) is 0 Å². The van der Waals surface area contributed by atoms with Gasteiger partial charge in [-0.25, -0.2) is 8.78 Å². The average molecular weight is 295 g/mol. The van der Waals surface area contributed by atoms with E-state index >= 15 is 0 Å². The van der Waals surface area contributed by atoms with E-state index in [2.05, 4.69) is 0 Å². The number of nitrogens with zero attached hydrogens (tertiary/aromatic N) is 1. The van der Waals surface area contributed by atoms with E-state index < -0.39 is 13.0 Å². The molecular weight excluding hydrogens is 282 g/mol. The van der Waals surface area contributed by atoms with Crippen molar-refractivity contribution in [2.24, 2.45) is 5.73 Å². The Balaban J connectivity index is 3.15. The van der Waals surface area contributed by atoms with Crippen molar-refractivity contribution in [1.29, 1.82) is 0 Å². The molecule has 1 rings (SSSR count). The van der Waals surface area contributed by atoms with Gasteiger partial charge in [0.1, 0.15) is 4.99 Å². The molecular formula is C11H13ClF2N2OS. The van der Waals surface area contributed by atoms with Gasteiger partial charge in [-0.2, -0.15) is 0 Å². The van der Waals surface area contributed by atoms with Crippen LogP contribution >= 0.6 is 23.8 Å². The SMILES string of the molecule is NC(=S)c1ccc(Cl)cc1N(CCO)CC(F)F. The Morgan fingerprint density at radius 3 is 2.67 bits per heavy atom. The lowest BCUT2D eigenvalue weighted by atomic mass is 10.1. The van der Waals surface area contributed by atoms with Crippen LogP contribution in [0.3, 0.4) is 0 Å². The second-order valence-electron chi connectivity index (χ2n) is 3.59. The monoisotopic (exact) mass is 294 g/mol. The number of anilines is 1. The van der Waals surface area contributed by atoms with Gasteiger partial charge in [0.2, 0.25) is 0 Å². The van der Waals surface area contributed by atoms with Crippen LogP contribution in [0.1, 0.15) is 5.56 Å². The zero-order valence-corrected chi connectivity index (χ0v) is 11.0. The molecule has 3 nitrogen and oxygen atoms in total. The van der Waals surface area contributed by atoms with Crippen molar-refractivity contribution in [2.75, 3.05) is 24.6 Å². The molecule has 0 aliphatic rings. The number of halogens is 3. The van der Waals surface area contributed by atoms with Crippen LogP contribution in [-0.4, -0.2) is 36.2 Å². The third-order valence-corrected chi connectivity index (χ3v) is 2.75. The highest BCUT2D eigenvalue weighted by Crippen LogP contribution is 2.25. The molecule has 0 saturated carbocycles. The molecule has 0 spiro atoms. The quantitative estimate of drug-likeness (QED) is 0.788. The number of hydrogen-bond acceptors (Lipinski definition) is 3. The molecule has 0 amide bonds. The fraction of sp³-hybridized carbons (Fsp3) is 0.364. The van der Waals surface area contributed by atoms with Gasteiger partial charge < -0.3 is 15.7 Å². The van der Waals surface area contributed by atoms with E-state index in [9.17, 15) is 8.78 Å². The lowest BCUT2D eigenvalue weighted by Crippen LogP contribution is -2.33. The minimum Gasteiger partial charge on any atom is -0.395 e. The summed E-state index contributed by atoms with van der Waals surface area (Å²) in [4.78, 5) is 1.41. The van der Waals surface area contributed by atoms with Gasteiger partial charge in [-0.1, -0.05) is 23.8 Å². The second-order valence-corrected chi connectivity index (χ2v) is 4.46. The molecule has 0 aliphatic carbocycles. The lowest BCUT2D eigenvalue weighted by Gasteiger charge is -2.26. The molecule has 0 bridgehead atoms. The third kappa shape index (κ3) is 4.04. The molecule has 0 unspecified atom stereocenters. The number of benzene rings is 1. The van der Waals surface area contributed by atoms with Crippen LogP contribution in [0.5, 0.6) is 0 Å². The maximum Gasteiger partial charge on any atom is 0.255 e. The van der Waals surface area contributed by atoms with Crippen molar-refractivity contribution in [2.45, 2.75) is 6.43 Å². The summed E-state index contributed by atoms with van der Waals surface area (Å²) < 4.78 is 25.0. The molecule has 0 aliphatic heterocycles. The third-order valence-electron chi connectivity index (χ3n) is 2.29. The van der Waals surface area contributed by atoms with E-state index in [0.29, 0.717) is 16.3 Å². The Morgan fingerprint density at radius 2 is 2.17 bits per heavy atom. The van der Waals surface area contributed by atoms with Gasteiger partial charge in [-0.15, -0.1) is 0 Å². The van der Waals surface area contributed by atoms with Gasteiger partial charge in [-0.3, -0.25) is 0 Å². The first-order chi connectivity index (χ1) is 8.45. The van der Waals surface area contributed by atoms with Crippen LogP contribution in [0, 0.1) is 0 Å². The van der Waals surface area contributed by atoms with Gasteiger partial charge in [-0.05, 0) is 18.2 Å². The van der Waals surface area contributed by atoms with Crippen molar-refractivity contribution in [3.05, 3.63) is 28.8 Å². The standard InChI is InChI=1S/C11H13ClF2N2OS/c12-7-1-2-8(11(15)18)9(5-7)16(3-4-17)6-10(13)14/h1-2,5,10,17H,3-4,6H2,(H2,15,18). The molecule has 0 saturated heterocycles. The Morgan fingerprint density at radius 1 is 1.50 bits per heavy atom. The number of thiocarbonyl (C=S) groups is 1. The molecule has 0 radical (unpaired) electrons. The summed E-state index contributed by atoms with van der Waals surface area (Å²) in [6, 6.07) is 4.67. The van der Waals surface area contributed by atoms with Gasteiger partial charge in [0.15, 0.2) is 0 Å². The molecule has 100 valence electrons. The zero-order chi connectivity index (χ0) is 13.7. The van der Waals surface area contributed by atoms with Gasteiger partial charge in [0, 0.05) is 22.8 Å². The highest BCUT2D eigenvalue weighted by molar-refractivity contribution is 7.80. The Bertz CT molecular complexity index is 432. The highest BCUT2D eigenvalue weighted by Gasteiger charge is 2.17. The van der Waals surface area contributed by atoms with Crippen LogP contribution in [0.4, 0.5) is 14.5 Å². The summed E-state index contributed by atoms with van der Waals surface area (Å²) >= 11 is 10.7. The van der Waals surface area contributed by atoms with Crippen LogP contribution in [-0.2, 0) is 0 Å².